The van der Waals surface area contributed by atoms with E-state index in [1.807, 2.05) is 6.92 Å². The van der Waals surface area contributed by atoms with Gasteiger partial charge in [-0.1, -0.05) is 63.3 Å². The highest BCUT2D eigenvalue weighted by Gasteiger charge is 2.95. The monoisotopic (exact) mass is 634 g/mol. The molecule has 41 heavy (non-hydrogen) atoms. The second kappa shape index (κ2) is 10.9. The maximum absolute atomic E-state index is 14.4. The molecule has 0 aromatic heterocycles. The topological polar surface area (TPSA) is 0 Å². The van der Waals surface area contributed by atoms with Crippen LogP contribution < -0.4 is 0 Å². The molecule has 2 rings (SSSR count). The second-order valence-electron chi connectivity index (χ2n) is 10.0. The molecule has 1 saturated carbocycles. The average Bonchev–Trinajstić information content (AvgIpc) is 2.86. The first-order valence-corrected chi connectivity index (χ1v) is 12.0. The molecular formula is C24H23F17. The van der Waals surface area contributed by atoms with Crippen molar-refractivity contribution < 1.29 is 74.6 Å². The molecule has 1 aromatic rings. The summed E-state index contributed by atoms with van der Waals surface area (Å²) in [5, 5.41) is 0. The second-order valence-corrected chi connectivity index (χ2v) is 10.0. The fraction of sp³-hybridized carbons (Fsp3) is 0.750. The Hall–Kier alpha value is -1.97. The normalized spacial score (nSPS) is 20.8. The van der Waals surface area contributed by atoms with E-state index in [0.29, 0.717) is 24.5 Å². The lowest BCUT2D eigenvalue weighted by Crippen LogP contribution is -2.74. The number of benzene rings is 1. The molecule has 0 aliphatic heterocycles. The summed E-state index contributed by atoms with van der Waals surface area (Å²) in [5.41, 5.74) is -1.98. The largest absolute Gasteiger partial charge is 0.460 e. The summed E-state index contributed by atoms with van der Waals surface area (Å²) in [7, 11) is 0. The van der Waals surface area contributed by atoms with Crippen LogP contribution in [0.4, 0.5) is 74.6 Å². The molecular weight excluding hydrogens is 611 g/mol. The smallest absolute Gasteiger partial charge is 0.194 e. The molecule has 1 aliphatic rings. The third kappa shape index (κ3) is 5.58. The van der Waals surface area contributed by atoms with Crippen LogP contribution in [-0.4, -0.2) is 41.7 Å². The predicted octanol–water partition coefficient (Wildman–Crippen LogP) is 10.3. The molecule has 1 aliphatic carbocycles. The molecule has 1 fully saturated rings. The lowest BCUT2D eigenvalue weighted by Gasteiger charge is -2.42. The van der Waals surface area contributed by atoms with Gasteiger partial charge in [-0.2, -0.15) is 74.6 Å². The predicted molar refractivity (Wildman–Crippen MR) is 110 cm³/mol. The summed E-state index contributed by atoms with van der Waals surface area (Å²) in [4.78, 5) is 0. The molecule has 238 valence electrons. The summed E-state index contributed by atoms with van der Waals surface area (Å²) in [6.45, 7) is 2.02. The molecule has 0 unspecified atom stereocenters. The highest BCUT2D eigenvalue weighted by Crippen LogP contribution is 2.65. The lowest BCUT2D eigenvalue weighted by atomic mass is 9.78. The van der Waals surface area contributed by atoms with Gasteiger partial charge in [-0.05, 0) is 30.2 Å². The Bertz CT molecular complexity index is 1020. The Morgan fingerprint density at radius 3 is 1.27 bits per heavy atom. The van der Waals surface area contributed by atoms with Gasteiger partial charge in [0.2, 0.25) is 0 Å². The van der Waals surface area contributed by atoms with Crippen molar-refractivity contribution in [3.05, 3.63) is 35.4 Å². The zero-order valence-electron chi connectivity index (χ0n) is 20.8. The summed E-state index contributed by atoms with van der Waals surface area (Å²) < 4.78 is 229. The Morgan fingerprint density at radius 1 is 0.512 bits per heavy atom. The van der Waals surface area contributed by atoms with E-state index >= 15 is 0 Å². The highest BCUT2D eigenvalue weighted by atomic mass is 19.4. The molecule has 0 nitrogen and oxygen atoms in total. The fourth-order valence-corrected chi connectivity index (χ4v) is 4.53. The molecule has 0 N–H and O–H groups in total. The Kier molecular flexibility index (Phi) is 9.40. The number of hydrogen-bond acceptors (Lipinski definition) is 0. The third-order valence-corrected chi connectivity index (χ3v) is 7.42. The van der Waals surface area contributed by atoms with E-state index in [9.17, 15) is 74.6 Å². The zero-order valence-corrected chi connectivity index (χ0v) is 20.8. The van der Waals surface area contributed by atoms with Crippen molar-refractivity contribution in [3.8, 4) is 0 Å². The van der Waals surface area contributed by atoms with Gasteiger partial charge in [-0.3, -0.25) is 0 Å². The van der Waals surface area contributed by atoms with E-state index in [-0.39, 0.29) is 30.0 Å². The van der Waals surface area contributed by atoms with E-state index in [1.54, 1.807) is 0 Å². The van der Waals surface area contributed by atoms with Crippen LogP contribution in [0.3, 0.4) is 0 Å². The van der Waals surface area contributed by atoms with Crippen molar-refractivity contribution >= 4 is 0 Å². The summed E-state index contributed by atoms with van der Waals surface area (Å²) in [6.07, 6.45) is -2.50. The number of hydrogen-bond donors (Lipinski definition) is 0. The standard InChI is InChI=1S/C24H23F17/c1-2-13-3-5-14(6-4-13)7-8-15-9-11-16(12-10-15)17(25,26)18(27,28)19(29,30)20(31,32)21(33,34)22(35,36)23(37,38)24(39,40)41/h9-14H,2-8H2,1H3. The maximum Gasteiger partial charge on any atom is 0.460 e. The minimum atomic E-state index is -8.62. The van der Waals surface area contributed by atoms with Gasteiger partial charge >= 0.3 is 47.6 Å². The fourth-order valence-electron chi connectivity index (χ4n) is 4.53. The van der Waals surface area contributed by atoms with Gasteiger partial charge < -0.3 is 0 Å². The van der Waals surface area contributed by atoms with Crippen molar-refractivity contribution in [3.63, 3.8) is 0 Å². The third-order valence-electron chi connectivity index (χ3n) is 7.42. The molecule has 0 heterocycles. The Labute approximate surface area is 222 Å². The SMILES string of the molecule is CCC1CCC(CCc2ccc(C(F)(F)C(F)(F)C(F)(F)C(F)(F)C(F)(F)C(F)(F)C(F)(F)C(F)(F)F)cc2)CC1. The van der Waals surface area contributed by atoms with Crippen LogP contribution in [0.5, 0.6) is 0 Å². The van der Waals surface area contributed by atoms with Gasteiger partial charge in [0, 0.05) is 5.56 Å². The first-order valence-electron chi connectivity index (χ1n) is 12.0. The van der Waals surface area contributed by atoms with Crippen LogP contribution in [0.2, 0.25) is 0 Å². The van der Waals surface area contributed by atoms with Crippen molar-refractivity contribution in [2.45, 2.75) is 99.5 Å². The zero-order chi connectivity index (χ0) is 32.1. The molecule has 0 saturated heterocycles. The van der Waals surface area contributed by atoms with Crippen LogP contribution in [0.1, 0.15) is 56.6 Å². The minimum absolute atomic E-state index is 0.0516. The van der Waals surface area contributed by atoms with Crippen LogP contribution in [0.15, 0.2) is 24.3 Å². The van der Waals surface area contributed by atoms with Crippen LogP contribution in [-0.2, 0) is 12.3 Å². The van der Waals surface area contributed by atoms with Gasteiger partial charge in [0.05, 0.1) is 0 Å². The summed E-state index contributed by atoms with van der Waals surface area (Å²) in [5.74, 6) is -55.6. The van der Waals surface area contributed by atoms with Crippen molar-refractivity contribution in [2.75, 3.05) is 0 Å². The quantitative estimate of drug-likeness (QED) is 0.213. The highest BCUT2D eigenvalue weighted by molar-refractivity contribution is 5.29. The molecule has 17 heteroatoms. The van der Waals surface area contributed by atoms with Gasteiger partial charge in [0.15, 0.2) is 0 Å². The number of alkyl halides is 17. The van der Waals surface area contributed by atoms with Crippen molar-refractivity contribution in [2.24, 2.45) is 11.8 Å². The number of rotatable bonds is 11. The number of aryl methyl sites for hydroxylation is 1. The van der Waals surface area contributed by atoms with Gasteiger partial charge in [-0.25, -0.2) is 0 Å². The van der Waals surface area contributed by atoms with Crippen molar-refractivity contribution in [1.82, 2.24) is 0 Å². The summed E-state index contributed by atoms with van der Waals surface area (Å²) in [6, 6.07) is 1.52. The molecule has 0 atom stereocenters. The van der Waals surface area contributed by atoms with Crippen LogP contribution in [0.25, 0.3) is 0 Å². The van der Waals surface area contributed by atoms with Gasteiger partial charge in [-0.15, -0.1) is 0 Å². The first kappa shape index (κ1) is 35.2. The van der Waals surface area contributed by atoms with E-state index in [0.717, 1.165) is 32.1 Å². The maximum atomic E-state index is 14.4. The number of halogens is 17. The van der Waals surface area contributed by atoms with Crippen LogP contribution >= 0.6 is 0 Å². The van der Waals surface area contributed by atoms with E-state index in [4.69, 9.17) is 0 Å². The molecule has 0 amide bonds. The van der Waals surface area contributed by atoms with Gasteiger partial charge in [0.1, 0.15) is 0 Å². The molecule has 1 aromatic carbocycles. The average molecular weight is 634 g/mol. The van der Waals surface area contributed by atoms with E-state index < -0.39 is 53.2 Å². The minimum Gasteiger partial charge on any atom is -0.194 e. The Morgan fingerprint density at radius 2 is 0.878 bits per heavy atom. The molecule has 0 radical (unpaired) electrons. The van der Waals surface area contributed by atoms with Gasteiger partial charge in [0.25, 0.3) is 0 Å². The Balaban J connectivity index is 2.34. The van der Waals surface area contributed by atoms with E-state index in [2.05, 4.69) is 0 Å². The molecule has 0 bridgehead atoms. The first-order chi connectivity index (χ1) is 18.2. The lowest BCUT2D eigenvalue weighted by molar-refractivity contribution is -0.462. The summed E-state index contributed by atoms with van der Waals surface area (Å²) >= 11 is 0. The van der Waals surface area contributed by atoms with Crippen LogP contribution in [0, 0.1) is 11.8 Å². The van der Waals surface area contributed by atoms with Crippen molar-refractivity contribution in [1.29, 1.82) is 0 Å². The van der Waals surface area contributed by atoms with E-state index in [1.165, 1.54) is 0 Å². The molecule has 0 spiro atoms.